The Morgan fingerprint density at radius 1 is 1.62 bits per heavy atom. The summed E-state index contributed by atoms with van der Waals surface area (Å²) in [5.74, 6) is 1.22. The van der Waals surface area contributed by atoms with Crippen LogP contribution in [0.15, 0.2) is 12.5 Å². The summed E-state index contributed by atoms with van der Waals surface area (Å²) in [5.41, 5.74) is 7.13. The van der Waals surface area contributed by atoms with Crippen molar-refractivity contribution in [3.05, 3.63) is 18.2 Å². The average molecular weight is 239 g/mol. The fourth-order valence-corrected chi connectivity index (χ4v) is 3.66. The standard InChI is InChI=1S/C12H21N3S/c1-3-16-11-5-4-10(6-11)15-8-14-7-12(15)9(2)13/h7-11H,3-6,13H2,1-2H3/t9-,10?,11?/m0/s1. The molecule has 1 aliphatic rings. The van der Waals surface area contributed by atoms with Crippen molar-refractivity contribution < 1.29 is 0 Å². The first-order chi connectivity index (χ1) is 7.72. The van der Waals surface area contributed by atoms with Gasteiger partial charge in [0.05, 0.1) is 12.0 Å². The van der Waals surface area contributed by atoms with Crippen LogP contribution in [-0.2, 0) is 0 Å². The number of nitrogens with zero attached hydrogens (tertiary/aromatic N) is 2. The first-order valence-electron chi connectivity index (χ1n) is 6.11. The molecule has 1 aromatic rings. The molecule has 0 aliphatic heterocycles. The number of hydrogen-bond donors (Lipinski definition) is 1. The first-order valence-corrected chi connectivity index (χ1v) is 7.16. The number of rotatable bonds is 4. The zero-order valence-electron chi connectivity index (χ0n) is 10.1. The summed E-state index contributed by atoms with van der Waals surface area (Å²) in [7, 11) is 0. The molecule has 1 heterocycles. The van der Waals surface area contributed by atoms with Gasteiger partial charge >= 0.3 is 0 Å². The molecule has 2 N–H and O–H groups in total. The molecule has 0 amide bonds. The van der Waals surface area contributed by atoms with Crippen LogP contribution in [0.25, 0.3) is 0 Å². The topological polar surface area (TPSA) is 43.8 Å². The summed E-state index contributed by atoms with van der Waals surface area (Å²) < 4.78 is 2.29. The minimum Gasteiger partial charge on any atom is -0.330 e. The van der Waals surface area contributed by atoms with E-state index in [-0.39, 0.29) is 6.04 Å². The van der Waals surface area contributed by atoms with Crippen molar-refractivity contribution in [2.24, 2.45) is 5.73 Å². The second-order valence-electron chi connectivity index (χ2n) is 4.56. The van der Waals surface area contributed by atoms with Crippen LogP contribution in [0.4, 0.5) is 0 Å². The molecule has 0 radical (unpaired) electrons. The van der Waals surface area contributed by atoms with E-state index in [9.17, 15) is 0 Å². The SMILES string of the molecule is CCSC1CCC(n2cncc2[C@H](C)N)C1. The van der Waals surface area contributed by atoms with Gasteiger partial charge in [-0.05, 0) is 31.9 Å². The smallest absolute Gasteiger partial charge is 0.0951 e. The largest absolute Gasteiger partial charge is 0.330 e. The molecule has 3 atom stereocenters. The molecule has 2 unspecified atom stereocenters. The Morgan fingerprint density at radius 2 is 2.44 bits per heavy atom. The molecule has 4 heteroatoms. The lowest BCUT2D eigenvalue weighted by atomic mass is 10.2. The molecule has 0 saturated heterocycles. The van der Waals surface area contributed by atoms with Crippen LogP contribution in [0.1, 0.15) is 50.9 Å². The van der Waals surface area contributed by atoms with E-state index in [1.54, 1.807) is 0 Å². The van der Waals surface area contributed by atoms with Crippen molar-refractivity contribution >= 4 is 11.8 Å². The molecular formula is C12H21N3S. The van der Waals surface area contributed by atoms with Gasteiger partial charge in [0.2, 0.25) is 0 Å². The van der Waals surface area contributed by atoms with Crippen molar-refractivity contribution in [3.63, 3.8) is 0 Å². The van der Waals surface area contributed by atoms with E-state index in [1.807, 2.05) is 19.4 Å². The Kier molecular flexibility index (Phi) is 3.92. The van der Waals surface area contributed by atoms with Gasteiger partial charge in [0.1, 0.15) is 0 Å². The van der Waals surface area contributed by atoms with E-state index < -0.39 is 0 Å². The minimum atomic E-state index is 0.0837. The van der Waals surface area contributed by atoms with Crippen molar-refractivity contribution in [1.82, 2.24) is 9.55 Å². The van der Waals surface area contributed by atoms with Gasteiger partial charge in [-0.2, -0.15) is 11.8 Å². The summed E-state index contributed by atoms with van der Waals surface area (Å²) in [4.78, 5) is 4.24. The number of hydrogen-bond acceptors (Lipinski definition) is 3. The van der Waals surface area contributed by atoms with E-state index >= 15 is 0 Å². The van der Waals surface area contributed by atoms with E-state index in [0.29, 0.717) is 6.04 Å². The molecule has 0 aromatic carbocycles. The monoisotopic (exact) mass is 239 g/mol. The van der Waals surface area contributed by atoms with Gasteiger partial charge in [-0.15, -0.1) is 0 Å². The van der Waals surface area contributed by atoms with Crippen LogP contribution >= 0.6 is 11.8 Å². The minimum absolute atomic E-state index is 0.0837. The summed E-state index contributed by atoms with van der Waals surface area (Å²) in [5, 5.41) is 0.832. The number of nitrogens with two attached hydrogens (primary N) is 1. The Labute approximate surface area is 102 Å². The third-order valence-electron chi connectivity index (χ3n) is 3.32. The van der Waals surface area contributed by atoms with Gasteiger partial charge in [0, 0.05) is 23.5 Å². The quantitative estimate of drug-likeness (QED) is 0.878. The lowest BCUT2D eigenvalue weighted by Crippen LogP contribution is -2.15. The molecule has 0 spiro atoms. The Bertz CT molecular complexity index is 335. The van der Waals surface area contributed by atoms with Gasteiger partial charge in [-0.3, -0.25) is 0 Å². The van der Waals surface area contributed by atoms with Crippen LogP contribution in [-0.4, -0.2) is 20.6 Å². The predicted octanol–water partition coefficient (Wildman–Crippen LogP) is 2.75. The zero-order valence-corrected chi connectivity index (χ0v) is 10.9. The lowest BCUT2D eigenvalue weighted by Gasteiger charge is -2.17. The van der Waals surface area contributed by atoms with E-state index in [2.05, 4.69) is 28.2 Å². The molecule has 90 valence electrons. The Morgan fingerprint density at radius 3 is 3.12 bits per heavy atom. The maximum absolute atomic E-state index is 5.95. The fraction of sp³-hybridized carbons (Fsp3) is 0.750. The van der Waals surface area contributed by atoms with Gasteiger partial charge in [-0.1, -0.05) is 6.92 Å². The van der Waals surface area contributed by atoms with Gasteiger partial charge in [-0.25, -0.2) is 4.98 Å². The maximum atomic E-state index is 5.95. The maximum Gasteiger partial charge on any atom is 0.0951 e. The zero-order chi connectivity index (χ0) is 11.5. The first kappa shape index (κ1) is 12.0. The highest BCUT2D eigenvalue weighted by molar-refractivity contribution is 7.99. The lowest BCUT2D eigenvalue weighted by molar-refractivity contribution is 0.489. The number of imidazole rings is 1. The Hall–Kier alpha value is -0.480. The van der Waals surface area contributed by atoms with Crippen molar-refractivity contribution in [3.8, 4) is 0 Å². The molecule has 0 bridgehead atoms. The molecule has 2 rings (SSSR count). The highest BCUT2D eigenvalue weighted by Crippen LogP contribution is 2.37. The van der Waals surface area contributed by atoms with Crippen LogP contribution < -0.4 is 5.73 Å². The second kappa shape index (κ2) is 5.23. The molecule has 16 heavy (non-hydrogen) atoms. The highest BCUT2D eigenvalue weighted by atomic mass is 32.2. The Balaban J connectivity index is 2.05. The summed E-state index contributed by atoms with van der Waals surface area (Å²) in [6.07, 6.45) is 7.73. The van der Waals surface area contributed by atoms with Crippen molar-refractivity contribution in [2.75, 3.05) is 5.75 Å². The van der Waals surface area contributed by atoms with Crippen LogP contribution in [0.3, 0.4) is 0 Å². The molecule has 1 fully saturated rings. The molecule has 3 nitrogen and oxygen atoms in total. The van der Waals surface area contributed by atoms with Crippen molar-refractivity contribution in [2.45, 2.75) is 50.4 Å². The predicted molar refractivity (Wildman–Crippen MR) is 69.6 cm³/mol. The van der Waals surface area contributed by atoms with Crippen LogP contribution in [0, 0.1) is 0 Å². The second-order valence-corrected chi connectivity index (χ2v) is 6.14. The van der Waals surface area contributed by atoms with E-state index in [0.717, 1.165) is 5.25 Å². The third kappa shape index (κ3) is 2.43. The highest BCUT2D eigenvalue weighted by Gasteiger charge is 2.27. The van der Waals surface area contributed by atoms with Gasteiger partial charge < -0.3 is 10.3 Å². The van der Waals surface area contributed by atoms with Crippen molar-refractivity contribution in [1.29, 1.82) is 0 Å². The normalized spacial score (nSPS) is 27.2. The molecule has 1 aromatic heterocycles. The average Bonchev–Trinajstić information content (AvgIpc) is 2.83. The van der Waals surface area contributed by atoms with Crippen LogP contribution in [0.5, 0.6) is 0 Å². The molecular weight excluding hydrogens is 218 g/mol. The van der Waals surface area contributed by atoms with Gasteiger partial charge in [0.15, 0.2) is 0 Å². The molecule has 1 saturated carbocycles. The molecule has 1 aliphatic carbocycles. The van der Waals surface area contributed by atoms with E-state index in [1.165, 1.54) is 30.7 Å². The number of aromatic nitrogens is 2. The van der Waals surface area contributed by atoms with Crippen LogP contribution in [0.2, 0.25) is 0 Å². The van der Waals surface area contributed by atoms with Gasteiger partial charge in [0.25, 0.3) is 0 Å². The summed E-state index contributed by atoms with van der Waals surface area (Å²) >= 11 is 2.09. The number of thioether (sulfide) groups is 1. The fourth-order valence-electron chi connectivity index (χ4n) is 2.53. The third-order valence-corrected chi connectivity index (χ3v) is 4.55. The van der Waals surface area contributed by atoms with E-state index in [4.69, 9.17) is 5.73 Å². The summed E-state index contributed by atoms with van der Waals surface area (Å²) in [6, 6.07) is 0.702. The summed E-state index contributed by atoms with van der Waals surface area (Å²) in [6.45, 7) is 4.27.